The van der Waals surface area contributed by atoms with E-state index < -0.39 is 28.4 Å². The van der Waals surface area contributed by atoms with Gasteiger partial charge in [-0.05, 0) is 29.8 Å². The van der Waals surface area contributed by atoms with E-state index >= 15 is 0 Å². The van der Waals surface area contributed by atoms with Crippen LogP contribution in [0, 0.1) is 10.1 Å². The summed E-state index contributed by atoms with van der Waals surface area (Å²) in [6.45, 7) is -0.0000132. The van der Waals surface area contributed by atoms with Crippen LogP contribution in [-0.4, -0.2) is 33.7 Å². The minimum absolute atomic E-state index is 0.0000132. The number of likely N-dealkylation sites (tertiary alicyclic amines) is 1. The van der Waals surface area contributed by atoms with Crippen LogP contribution in [0.5, 0.6) is 5.75 Å². The molecule has 1 atom stereocenters. The van der Waals surface area contributed by atoms with E-state index in [0.717, 1.165) is 6.07 Å². The maximum absolute atomic E-state index is 13.0. The minimum atomic E-state index is -0.926. The van der Waals surface area contributed by atoms with Crippen LogP contribution < -0.4 is 4.74 Å². The van der Waals surface area contributed by atoms with Crippen LogP contribution in [0.4, 0.5) is 5.69 Å². The van der Waals surface area contributed by atoms with Gasteiger partial charge in [0.25, 0.3) is 17.4 Å². The average Bonchev–Trinajstić information content (AvgIpc) is 3.41. The topological polar surface area (TPSA) is 123 Å². The summed E-state index contributed by atoms with van der Waals surface area (Å²) in [4.78, 5) is 37.7. The molecule has 0 spiro atoms. The van der Waals surface area contributed by atoms with Crippen molar-refractivity contribution in [3.05, 3.63) is 99.5 Å². The van der Waals surface area contributed by atoms with Crippen molar-refractivity contribution < 1.29 is 28.8 Å². The monoisotopic (exact) mass is 434 g/mol. The SMILES string of the molecule is COc1ccc(C2C(=C(O)c3cccc([N+](=O)[O-])c3)C(=O)C(=O)N2Cc2ccco2)cc1. The number of furan rings is 1. The number of amides is 1. The van der Waals surface area contributed by atoms with Crippen LogP contribution in [0.15, 0.2) is 76.9 Å². The van der Waals surface area contributed by atoms with Gasteiger partial charge in [0.15, 0.2) is 0 Å². The third kappa shape index (κ3) is 3.71. The number of benzene rings is 2. The summed E-state index contributed by atoms with van der Waals surface area (Å²) < 4.78 is 10.5. The minimum Gasteiger partial charge on any atom is -0.507 e. The van der Waals surface area contributed by atoms with Crippen molar-refractivity contribution in [1.29, 1.82) is 0 Å². The molecule has 0 bridgehead atoms. The van der Waals surface area contributed by atoms with Crippen molar-refractivity contribution in [3.8, 4) is 5.75 Å². The maximum atomic E-state index is 13.0. The molecule has 162 valence electrons. The van der Waals surface area contributed by atoms with Crippen LogP contribution in [-0.2, 0) is 16.1 Å². The summed E-state index contributed by atoms with van der Waals surface area (Å²) in [6, 6.07) is 14.4. The van der Waals surface area contributed by atoms with Gasteiger partial charge in [-0.25, -0.2) is 0 Å². The van der Waals surface area contributed by atoms with Crippen molar-refractivity contribution in [2.75, 3.05) is 7.11 Å². The molecule has 9 nitrogen and oxygen atoms in total. The number of carbonyl (C=O) groups excluding carboxylic acids is 2. The number of Topliss-reactive ketones (excluding diaryl/α,β-unsaturated/α-hetero) is 1. The van der Waals surface area contributed by atoms with Gasteiger partial charge in [0.05, 0.1) is 36.5 Å². The highest BCUT2D eigenvalue weighted by atomic mass is 16.6. The van der Waals surface area contributed by atoms with Crippen LogP contribution in [0.1, 0.15) is 22.9 Å². The molecule has 1 aliphatic heterocycles. The number of hydrogen-bond acceptors (Lipinski definition) is 7. The molecular formula is C23H18N2O7. The van der Waals surface area contributed by atoms with Gasteiger partial charge in [0.1, 0.15) is 17.3 Å². The van der Waals surface area contributed by atoms with Crippen molar-refractivity contribution in [1.82, 2.24) is 4.90 Å². The molecule has 1 aromatic heterocycles. The molecule has 2 aromatic carbocycles. The standard InChI is InChI=1S/C23H18N2O7/c1-31-17-9-7-14(8-10-17)20-19(21(26)15-4-2-5-16(12-15)25(29)30)22(27)23(28)24(20)13-18-6-3-11-32-18/h2-12,20,26H,13H2,1H3. The first-order valence-electron chi connectivity index (χ1n) is 9.60. The number of nitrogens with zero attached hydrogens (tertiary/aromatic N) is 2. The number of ketones is 1. The third-order valence-corrected chi connectivity index (χ3v) is 5.21. The molecule has 0 radical (unpaired) electrons. The first kappa shape index (κ1) is 20.9. The molecule has 3 aromatic rings. The molecule has 1 aliphatic rings. The second kappa shape index (κ2) is 8.38. The Kier molecular flexibility index (Phi) is 5.46. The largest absolute Gasteiger partial charge is 0.507 e. The summed E-state index contributed by atoms with van der Waals surface area (Å²) in [6.07, 6.45) is 1.46. The molecule has 0 aliphatic carbocycles. The van der Waals surface area contributed by atoms with Gasteiger partial charge in [0, 0.05) is 17.7 Å². The lowest BCUT2D eigenvalue weighted by atomic mass is 9.95. The van der Waals surface area contributed by atoms with Gasteiger partial charge in [-0.3, -0.25) is 19.7 Å². The maximum Gasteiger partial charge on any atom is 0.296 e. The van der Waals surface area contributed by atoms with Crippen molar-refractivity contribution in [2.24, 2.45) is 0 Å². The zero-order valence-electron chi connectivity index (χ0n) is 16.9. The van der Waals surface area contributed by atoms with Gasteiger partial charge in [-0.2, -0.15) is 0 Å². The number of carbonyl (C=O) groups is 2. The summed E-state index contributed by atoms with van der Waals surface area (Å²) in [7, 11) is 1.51. The highest BCUT2D eigenvalue weighted by Gasteiger charge is 2.46. The number of rotatable bonds is 6. The van der Waals surface area contributed by atoms with Crippen LogP contribution in [0.25, 0.3) is 5.76 Å². The fourth-order valence-electron chi connectivity index (χ4n) is 3.67. The Bertz CT molecular complexity index is 1210. The second-order valence-corrected chi connectivity index (χ2v) is 7.09. The molecule has 1 N–H and O–H groups in total. The van der Waals surface area contributed by atoms with Crippen LogP contribution in [0.2, 0.25) is 0 Å². The van der Waals surface area contributed by atoms with Crippen LogP contribution in [0.3, 0.4) is 0 Å². The lowest BCUT2D eigenvalue weighted by molar-refractivity contribution is -0.384. The number of non-ortho nitro benzene ring substituents is 1. The molecule has 9 heteroatoms. The molecule has 1 saturated heterocycles. The number of aliphatic hydroxyl groups excluding tert-OH is 1. The van der Waals surface area contributed by atoms with E-state index in [4.69, 9.17) is 9.15 Å². The Morgan fingerprint density at radius 1 is 1.16 bits per heavy atom. The third-order valence-electron chi connectivity index (χ3n) is 5.21. The second-order valence-electron chi connectivity index (χ2n) is 7.09. The van der Waals surface area contributed by atoms with Crippen molar-refractivity contribution in [2.45, 2.75) is 12.6 Å². The van der Waals surface area contributed by atoms with E-state index in [0.29, 0.717) is 17.1 Å². The van der Waals surface area contributed by atoms with E-state index in [-0.39, 0.29) is 23.4 Å². The Balaban J connectivity index is 1.87. The van der Waals surface area contributed by atoms with E-state index in [1.54, 1.807) is 36.4 Å². The van der Waals surface area contributed by atoms with Gasteiger partial charge in [-0.1, -0.05) is 24.3 Å². The predicted molar refractivity (Wildman–Crippen MR) is 113 cm³/mol. The zero-order valence-corrected chi connectivity index (χ0v) is 16.9. The first-order valence-corrected chi connectivity index (χ1v) is 9.60. The number of methoxy groups -OCH3 is 1. The average molecular weight is 434 g/mol. The molecule has 0 saturated carbocycles. The fourth-order valence-corrected chi connectivity index (χ4v) is 3.67. The fraction of sp³-hybridized carbons (Fsp3) is 0.130. The van der Waals surface area contributed by atoms with Gasteiger partial charge < -0.3 is 19.2 Å². The smallest absolute Gasteiger partial charge is 0.296 e. The molecule has 4 rings (SSSR count). The number of aliphatic hydroxyl groups is 1. The zero-order chi connectivity index (χ0) is 22.8. The molecule has 1 fully saturated rings. The highest BCUT2D eigenvalue weighted by molar-refractivity contribution is 6.46. The van der Waals surface area contributed by atoms with Gasteiger partial charge in [-0.15, -0.1) is 0 Å². The summed E-state index contributed by atoms with van der Waals surface area (Å²) in [5.41, 5.74) is 0.212. The van der Waals surface area contributed by atoms with Crippen LogP contribution >= 0.6 is 0 Å². The molecular weight excluding hydrogens is 416 g/mol. The molecule has 2 heterocycles. The predicted octanol–water partition coefficient (Wildman–Crippen LogP) is 3.82. The number of hydrogen-bond donors (Lipinski definition) is 1. The number of nitro benzene ring substituents is 1. The van der Waals surface area contributed by atoms with E-state index in [2.05, 4.69) is 0 Å². The van der Waals surface area contributed by atoms with Gasteiger partial charge in [0.2, 0.25) is 0 Å². The van der Waals surface area contributed by atoms with E-state index in [9.17, 15) is 24.8 Å². The summed E-state index contributed by atoms with van der Waals surface area (Å²) >= 11 is 0. The molecule has 1 amide bonds. The Labute approximate surface area is 182 Å². The van der Waals surface area contributed by atoms with Gasteiger partial charge >= 0.3 is 0 Å². The summed E-state index contributed by atoms with van der Waals surface area (Å²) in [5, 5.41) is 22.1. The van der Waals surface area contributed by atoms with E-state index in [1.807, 2.05) is 0 Å². The number of nitro groups is 1. The van der Waals surface area contributed by atoms with Crippen molar-refractivity contribution >= 4 is 23.1 Å². The normalized spacial score (nSPS) is 17.5. The Morgan fingerprint density at radius 2 is 1.91 bits per heavy atom. The highest BCUT2D eigenvalue weighted by Crippen LogP contribution is 2.41. The quantitative estimate of drug-likeness (QED) is 0.206. The Hall–Kier alpha value is -4.40. The van der Waals surface area contributed by atoms with E-state index in [1.165, 1.54) is 36.5 Å². The Morgan fingerprint density at radius 3 is 2.53 bits per heavy atom. The summed E-state index contributed by atoms with van der Waals surface area (Å²) in [5.74, 6) is -1.15. The van der Waals surface area contributed by atoms with Crippen molar-refractivity contribution in [3.63, 3.8) is 0 Å². The lowest BCUT2D eigenvalue weighted by Gasteiger charge is -2.24. The lowest BCUT2D eigenvalue weighted by Crippen LogP contribution is -2.29. The number of ether oxygens (including phenoxy) is 1. The first-order chi connectivity index (χ1) is 15.4. The molecule has 32 heavy (non-hydrogen) atoms. The molecule has 1 unspecified atom stereocenters.